The molecule has 6 nitrogen and oxygen atoms in total. The molecular formula is C69H126O6. The minimum absolute atomic E-state index is 0.0664. The Kier molecular flexibility index (Phi) is 61.7. The fourth-order valence-corrected chi connectivity index (χ4v) is 9.91. The normalized spacial score (nSPS) is 12.3. The van der Waals surface area contributed by atoms with E-state index in [0.29, 0.717) is 19.3 Å². The molecule has 0 fully saturated rings. The Balaban J connectivity index is 4.10. The Bertz CT molecular complexity index is 1300. The SMILES string of the molecule is CC/C=C\C/C=C\C/C=C\C/C=C\CCCCCCCCCCCCCCCCCCC(=O)OCC(COC(=O)CCCCCCCCCCC)OC(=O)CCCCCCCCCCCCCCCCCCCCC. The Morgan fingerprint density at radius 2 is 0.520 bits per heavy atom. The van der Waals surface area contributed by atoms with Gasteiger partial charge >= 0.3 is 17.9 Å². The smallest absolute Gasteiger partial charge is 0.306 e. The van der Waals surface area contributed by atoms with Gasteiger partial charge in [-0.2, -0.15) is 0 Å². The second-order valence-electron chi connectivity index (χ2n) is 22.4. The summed E-state index contributed by atoms with van der Waals surface area (Å²) in [6.45, 7) is 6.57. The maximum atomic E-state index is 12.9. The number of ether oxygens (including phenoxy) is 3. The van der Waals surface area contributed by atoms with Crippen LogP contribution in [0.15, 0.2) is 48.6 Å². The molecule has 1 unspecified atom stereocenters. The highest BCUT2D eigenvalue weighted by molar-refractivity contribution is 5.71. The lowest BCUT2D eigenvalue weighted by atomic mass is 10.0. The molecule has 0 heterocycles. The van der Waals surface area contributed by atoms with Crippen molar-refractivity contribution in [2.45, 2.75) is 361 Å². The molecule has 0 N–H and O–H groups in total. The fraction of sp³-hybridized carbons (Fsp3) is 0.841. The fourth-order valence-electron chi connectivity index (χ4n) is 9.91. The Hall–Kier alpha value is -2.63. The van der Waals surface area contributed by atoms with Crippen molar-refractivity contribution < 1.29 is 28.6 Å². The van der Waals surface area contributed by atoms with Crippen LogP contribution in [0.3, 0.4) is 0 Å². The lowest BCUT2D eigenvalue weighted by Crippen LogP contribution is -2.30. The number of hydrogen-bond acceptors (Lipinski definition) is 6. The maximum absolute atomic E-state index is 12.9. The second kappa shape index (κ2) is 63.9. The predicted molar refractivity (Wildman–Crippen MR) is 325 cm³/mol. The van der Waals surface area contributed by atoms with Gasteiger partial charge < -0.3 is 14.2 Å². The largest absolute Gasteiger partial charge is 0.462 e. The van der Waals surface area contributed by atoms with Crippen molar-refractivity contribution in [1.82, 2.24) is 0 Å². The first-order valence-electron chi connectivity index (χ1n) is 33.1. The van der Waals surface area contributed by atoms with Gasteiger partial charge in [-0.3, -0.25) is 14.4 Å². The molecule has 0 amide bonds. The van der Waals surface area contributed by atoms with E-state index in [-0.39, 0.29) is 31.1 Å². The monoisotopic (exact) mass is 1050 g/mol. The molecule has 0 spiro atoms. The van der Waals surface area contributed by atoms with E-state index in [1.165, 1.54) is 231 Å². The summed E-state index contributed by atoms with van der Waals surface area (Å²) in [4.78, 5) is 38.2. The molecule has 438 valence electrons. The summed E-state index contributed by atoms with van der Waals surface area (Å²) in [6, 6.07) is 0. The zero-order chi connectivity index (χ0) is 54.3. The molecular weight excluding hydrogens is 925 g/mol. The second-order valence-corrected chi connectivity index (χ2v) is 22.4. The van der Waals surface area contributed by atoms with Crippen molar-refractivity contribution in [2.75, 3.05) is 13.2 Å². The van der Waals surface area contributed by atoms with Crippen molar-refractivity contribution in [3.8, 4) is 0 Å². The first-order chi connectivity index (χ1) is 37.0. The molecule has 0 aromatic heterocycles. The molecule has 0 saturated heterocycles. The van der Waals surface area contributed by atoms with Crippen molar-refractivity contribution in [3.05, 3.63) is 48.6 Å². The molecule has 0 aliphatic heterocycles. The lowest BCUT2D eigenvalue weighted by molar-refractivity contribution is -0.167. The van der Waals surface area contributed by atoms with Crippen LogP contribution in [0.5, 0.6) is 0 Å². The minimum atomic E-state index is -0.767. The van der Waals surface area contributed by atoms with Gasteiger partial charge in [0.25, 0.3) is 0 Å². The number of esters is 3. The molecule has 6 heteroatoms. The third kappa shape index (κ3) is 62.1. The van der Waals surface area contributed by atoms with E-state index in [0.717, 1.165) is 83.5 Å². The van der Waals surface area contributed by atoms with Crippen LogP contribution >= 0.6 is 0 Å². The number of hydrogen-bond donors (Lipinski definition) is 0. The predicted octanol–water partition coefficient (Wildman–Crippen LogP) is 22.6. The van der Waals surface area contributed by atoms with Crippen molar-refractivity contribution in [2.24, 2.45) is 0 Å². The Morgan fingerprint density at radius 3 is 0.813 bits per heavy atom. The molecule has 0 aliphatic carbocycles. The van der Waals surface area contributed by atoms with Crippen LogP contribution in [-0.4, -0.2) is 37.2 Å². The third-order valence-corrected chi connectivity index (χ3v) is 14.8. The summed E-state index contributed by atoms with van der Waals surface area (Å²) in [7, 11) is 0. The number of unbranched alkanes of at least 4 members (excludes halogenated alkanes) is 42. The van der Waals surface area contributed by atoms with Gasteiger partial charge in [0.2, 0.25) is 0 Å². The zero-order valence-electron chi connectivity index (χ0n) is 50.3. The standard InChI is InChI=1S/C69H126O6/c1-4-7-10-13-16-19-21-23-25-27-29-30-31-32-33-34-35-36-37-38-40-41-43-45-47-50-53-56-59-62-68(71)74-65-66(64-73-67(70)61-58-55-52-49-18-15-12-9-6-3)75-69(72)63-60-57-54-51-48-46-44-42-39-28-26-24-22-20-17-14-11-8-5-2/h7,10,16,19,23,25,29-30,66H,4-6,8-9,11-15,17-18,20-22,24,26-28,31-65H2,1-3H3/b10-7-,19-16-,25-23-,30-29-. The van der Waals surface area contributed by atoms with Gasteiger partial charge in [-0.1, -0.05) is 326 Å². The van der Waals surface area contributed by atoms with Crippen molar-refractivity contribution in [3.63, 3.8) is 0 Å². The highest BCUT2D eigenvalue weighted by Crippen LogP contribution is 2.18. The summed E-state index contributed by atoms with van der Waals surface area (Å²) in [5.74, 6) is -0.844. The van der Waals surface area contributed by atoms with E-state index in [9.17, 15) is 14.4 Å². The minimum Gasteiger partial charge on any atom is -0.462 e. The molecule has 0 radical (unpaired) electrons. The van der Waals surface area contributed by atoms with Gasteiger partial charge in [-0.25, -0.2) is 0 Å². The average Bonchev–Trinajstić information content (AvgIpc) is 3.41. The molecule has 0 aromatic rings. The van der Waals surface area contributed by atoms with E-state index in [1.54, 1.807) is 0 Å². The first-order valence-corrected chi connectivity index (χ1v) is 33.1. The number of carbonyl (C=O) groups is 3. The van der Waals surface area contributed by atoms with E-state index >= 15 is 0 Å². The van der Waals surface area contributed by atoms with Crippen LogP contribution in [0.4, 0.5) is 0 Å². The molecule has 75 heavy (non-hydrogen) atoms. The van der Waals surface area contributed by atoms with Gasteiger partial charge in [-0.05, 0) is 57.8 Å². The number of allylic oxidation sites excluding steroid dienone is 8. The summed E-state index contributed by atoms with van der Waals surface area (Å²) in [5.41, 5.74) is 0. The van der Waals surface area contributed by atoms with Crippen LogP contribution in [0.1, 0.15) is 355 Å². The number of carbonyl (C=O) groups excluding carboxylic acids is 3. The van der Waals surface area contributed by atoms with Gasteiger partial charge in [0.15, 0.2) is 6.10 Å². The topological polar surface area (TPSA) is 78.9 Å². The van der Waals surface area contributed by atoms with E-state index in [1.807, 2.05) is 0 Å². The van der Waals surface area contributed by atoms with Gasteiger partial charge in [-0.15, -0.1) is 0 Å². The molecule has 0 aliphatic rings. The first kappa shape index (κ1) is 72.4. The summed E-state index contributed by atoms with van der Waals surface area (Å²) in [6.07, 6.45) is 80.0. The Morgan fingerprint density at radius 1 is 0.280 bits per heavy atom. The van der Waals surface area contributed by atoms with E-state index < -0.39 is 6.10 Å². The summed E-state index contributed by atoms with van der Waals surface area (Å²) < 4.78 is 16.9. The number of rotatable bonds is 61. The van der Waals surface area contributed by atoms with Crippen LogP contribution < -0.4 is 0 Å². The highest BCUT2D eigenvalue weighted by atomic mass is 16.6. The molecule has 0 saturated carbocycles. The van der Waals surface area contributed by atoms with Crippen LogP contribution in [0.25, 0.3) is 0 Å². The van der Waals surface area contributed by atoms with Crippen molar-refractivity contribution >= 4 is 17.9 Å². The molecule has 0 bridgehead atoms. The maximum Gasteiger partial charge on any atom is 0.306 e. The quantitative estimate of drug-likeness (QED) is 0.0261. The molecule has 1 atom stereocenters. The highest BCUT2D eigenvalue weighted by Gasteiger charge is 2.19. The van der Waals surface area contributed by atoms with Crippen LogP contribution in [-0.2, 0) is 28.6 Å². The summed E-state index contributed by atoms with van der Waals surface area (Å²) in [5, 5.41) is 0. The van der Waals surface area contributed by atoms with E-state index in [2.05, 4.69) is 69.4 Å². The Labute approximate surface area is 467 Å². The lowest BCUT2D eigenvalue weighted by Gasteiger charge is -2.18. The van der Waals surface area contributed by atoms with Crippen LogP contribution in [0.2, 0.25) is 0 Å². The third-order valence-electron chi connectivity index (χ3n) is 14.8. The van der Waals surface area contributed by atoms with Crippen LogP contribution in [0, 0.1) is 0 Å². The summed E-state index contributed by atoms with van der Waals surface area (Å²) >= 11 is 0. The molecule has 0 rings (SSSR count). The van der Waals surface area contributed by atoms with Gasteiger partial charge in [0.05, 0.1) is 0 Å². The van der Waals surface area contributed by atoms with Gasteiger partial charge in [0, 0.05) is 19.3 Å². The zero-order valence-corrected chi connectivity index (χ0v) is 50.3. The average molecular weight is 1050 g/mol. The molecule has 0 aromatic carbocycles. The van der Waals surface area contributed by atoms with E-state index in [4.69, 9.17) is 14.2 Å². The van der Waals surface area contributed by atoms with Gasteiger partial charge in [0.1, 0.15) is 13.2 Å². The van der Waals surface area contributed by atoms with Crippen molar-refractivity contribution in [1.29, 1.82) is 0 Å².